The summed E-state index contributed by atoms with van der Waals surface area (Å²) in [5.74, 6) is -0.960. The Bertz CT molecular complexity index is 562. The van der Waals surface area contributed by atoms with Gasteiger partial charge in [0.1, 0.15) is 17.1 Å². The van der Waals surface area contributed by atoms with Gasteiger partial charge >= 0.3 is 12.1 Å². The van der Waals surface area contributed by atoms with Gasteiger partial charge in [-0.05, 0) is 25.2 Å². The van der Waals surface area contributed by atoms with E-state index in [4.69, 9.17) is 4.43 Å². The predicted octanol–water partition coefficient (Wildman–Crippen LogP) is 1.60. The molecule has 2 aliphatic heterocycles. The Morgan fingerprint density at radius 3 is 2.64 bits per heavy atom. The molecule has 0 radical (unpaired) electrons. The fourth-order valence-corrected chi connectivity index (χ4v) is 5.18. The monoisotopic (exact) mass is 456 g/mol. The topological polar surface area (TPSA) is 95.9 Å². The molecule has 0 saturated carbocycles. The van der Waals surface area contributed by atoms with Crippen molar-refractivity contribution >= 4 is 60.6 Å². The van der Waals surface area contributed by atoms with Gasteiger partial charge in [-0.1, -0.05) is 22.6 Å². The Hall–Kier alpha value is -0.753. The number of alkyl halides is 1. The van der Waals surface area contributed by atoms with E-state index in [9.17, 15) is 19.5 Å². The lowest BCUT2D eigenvalue weighted by molar-refractivity contribution is -0.148. The second-order valence-corrected chi connectivity index (χ2v) is 12.2. The number of nitrogens with zero attached hydrogens (tertiary/aromatic N) is 1. The lowest BCUT2D eigenvalue weighted by atomic mass is 10.0. The maximum absolute atomic E-state index is 12.2. The molecular weight excluding hydrogens is 439 g/mol. The molecular formula is C12H17IN2O5SSi. The third-order valence-electron chi connectivity index (χ3n) is 3.08. The van der Waals surface area contributed by atoms with Gasteiger partial charge in [0.15, 0.2) is 0 Å². The van der Waals surface area contributed by atoms with Crippen LogP contribution < -0.4 is 5.32 Å². The molecule has 2 atom stereocenters. The van der Waals surface area contributed by atoms with Gasteiger partial charge in [-0.3, -0.25) is 9.69 Å². The van der Waals surface area contributed by atoms with Gasteiger partial charge in [0.05, 0.1) is 0 Å². The molecule has 0 bridgehead atoms. The fourth-order valence-electron chi connectivity index (χ4n) is 2.22. The van der Waals surface area contributed by atoms with Crippen LogP contribution in [0.15, 0.2) is 11.3 Å². The lowest BCUT2D eigenvalue weighted by Crippen LogP contribution is -2.70. The van der Waals surface area contributed by atoms with Crippen molar-refractivity contribution in [3.8, 4) is 0 Å². The molecule has 0 aromatic heterocycles. The summed E-state index contributed by atoms with van der Waals surface area (Å²) in [4.78, 5) is 36.7. The molecule has 1 saturated heterocycles. The summed E-state index contributed by atoms with van der Waals surface area (Å²) in [6.45, 7) is 5.61. The first-order valence-corrected chi connectivity index (χ1v) is 12.6. The normalized spacial score (nSPS) is 24.5. The number of hydrogen-bond acceptors (Lipinski definition) is 5. The Morgan fingerprint density at radius 2 is 2.14 bits per heavy atom. The number of nitrogens with one attached hydrogen (secondary N) is 1. The summed E-state index contributed by atoms with van der Waals surface area (Å²) in [5, 5.41) is 11.5. The summed E-state index contributed by atoms with van der Waals surface area (Å²) in [6, 6.07) is -0.723. The second kappa shape index (κ2) is 6.39. The molecule has 1 fully saturated rings. The fraction of sp³-hybridized carbons (Fsp3) is 0.583. The van der Waals surface area contributed by atoms with Crippen LogP contribution in [0.1, 0.15) is 0 Å². The van der Waals surface area contributed by atoms with E-state index in [0.29, 0.717) is 10.2 Å². The summed E-state index contributed by atoms with van der Waals surface area (Å²) in [5.41, 5.74) is 0.783. The number of hydrogen-bond donors (Lipinski definition) is 2. The summed E-state index contributed by atoms with van der Waals surface area (Å²) in [6.07, 6.45) is -0.613. The Morgan fingerprint density at radius 1 is 1.50 bits per heavy atom. The Labute approximate surface area is 147 Å². The maximum Gasteiger partial charge on any atom is 0.394 e. The summed E-state index contributed by atoms with van der Waals surface area (Å²) >= 11 is 3.54. The molecule has 22 heavy (non-hydrogen) atoms. The van der Waals surface area contributed by atoms with Crippen molar-refractivity contribution in [2.75, 3.05) is 10.2 Å². The average Bonchev–Trinajstić information content (AvgIpc) is 2.40. The van der Waals surface area contributed by atoms with Crippen LogP contribution in [0.4, 0.5) is 4.79 Å². The van der Waals surface area contributed by atoms with E-state index in [1.165, 1.54) is 16.7 Å². The summed E-state index contributed by atoms with van der Waals surface area (Å²) < 4.78 is 5.82. The number of rotatable bonds is 4. The van der Waals surface area contributed by atoms with E-state index in [0.717, 1.165) is 5.57 Å². The average molecular weight is 456 g/mol. The third kappa shape index (κ3) is 3.43. The molecule has 2 N–H and O–H groups in total. The lowest BCUT2D eigenvalue weighted by Gasteiger charge is -2.49. The SMILES string of the molecule is C[Si](C)(C)OC(=O)NC1C(=O)N2C(C(=O)O)=C(CI)CS[C@H]12. The van der Waals surface area contributed by atoms with Crippen molar-refractivity contribution in [1.29, 1.82) is 0 Å². The van der Waals surface area contributed by atoms with Gasteiger partial charge in [-0.25, -0.2) is 9.59 Å². The van der Waals surface area contributed by atoms with E-state index < -0.39 is 32.3 Å². The van der Waals surface area contributed by atoms with E-state index in [1.807, 2.05) is 19.6 Å². The number of aliphatic carboxylic acids is 1. The van der Waals surface area contributed by atoms with Crippen LogP contribution in [0, 0.1) is 0 Å². The molecule has 7 nitrogen and oxygen atoms in total. The number of thioether (sulfide) groups is 1. The number of carboxylic acid groups (broad SMARTS) is 1. The zero-order valence-electron chi connectivity index (χ0n) is 12.4. The van der Waals surface area contributed by atoms with Crippen molar-refractivity contribution in [3.05, 3.63) is 11.3 Å². The van der Waals surface area contributed by atoms with E-state index in [2.05, 4.69) is 27.9 Å². The third-order valence-corrected chi connectivity index (χ3v) is 6.14. The first kappa shape index (κ1) is 17.6. The minimum Gasteiger partial charge on any atom is -0.504 e. The Kier molecular flexibility index (Phi) is 5.12. The van der Waals surface area contributed by atoms with Gasteiger partial charge in [0.2, 0.25) is 8.32 Å². The largest absolute Gasteiger partial charge is 0.504 e. The van der Waals surface area contributed by atoms with Crippen LogP contribution in [0.3, 0.4) is 0 Å². The number of carbonyl (C=O) groups excluding carboxylic acids is 2. The quantitative estimate of drug-likeness (QED) is 0.289. The molecule has 2 aliphatic rings. The number of halogens is 1. The molecule has 0 aromatic rings. The van der Waals surface area contributed by atoms with E-state index in [1.54, 1.807) is 0 Å². The summed E-state index contributed by atoms with van der Waals surface area (Å²) in [7, 11) is -2.04. The number of fused-ring (bicyclic) bond motifs is 1. The number of β-lactam (4-membered cyclic amide) rings is 1. The van der Waals surface area contributed by atoms with Gasteiger partial charge in [0, 0.05) is 10.2 Å². The highest BCUT2D eigenvalue weighted by molar-refractivity contribution is 14.1. The van der Waals surface area contributed by atoms with Crippen molar-refractivity contribution in [3.63, 3.8) is 0 Å². The van der Waals surface area contributed by atoms with Crippen LogP contribution in [0.5, 0.6) is 0 Å². The van der Waals surface area contributed by atoms with E-state index >= 15 is 0 Å². The first-order chi connectivity index (χ1) is 10.2. The molecule has 122 valence electrons. The Balaban J connectivity index is 2.10. The highest BCUT2D eigenvalue weighted by atomic mass is 127. The first-order valence-electron chi connectivity index (χ1n) is 6.61. The molecule has 2 rings (SSSR count). The van der Waals surface area contributed by atoms with Crippen molar-refractivity contribution in [1.82, 2.24) is 10.2 Å². The molecule has 0 aliphatic carbocycles. The molecule has 2 amide bonds. The molecule has 0 aromatic carbocycles. The van der Waals surface area contributed by atoms with Crippen LogP contribution >= 0.6 is 34.4 Å². The smallest absolute Gasteiger partial charge is 0.394 e. The maximum atomic E-state index is 12.2. The predicted molar refractivity (Wildman–Crippen MR) is 93.4 cm³/mol. The number of amides is 2. The number of carbonyl (C=O) groups is 3. The second-order valence-electron chi connectivity index (χ2n) is 5.92. The highest BCUT2D eigenvalue weighted by Crippen LogP contribution is 2.40. The zero-order chi connectivity index (χ0) is 16.7. The van der Waals surface area contributed by atoms with Crippen molar-refractivity contribution in [2.45, 2.75) is 31.1 Å². The van der Waals surface area contributed by atoms with Gasteiger partial charge < -0.3 is 14.8 Å². The van der Waals surface area contributed by atoms with Crippen LogP contribution in [-0.2, 0) is 14.0 Å². The van der Waals surface area contributed by atoms with Gasteiger partial charge in [0.25, 0.3) is 5.91 Å². The van der Waals surface area contributed by atoms with Crippen LogP contribution in [0.2, 0.25) is 19.6 Å². The highest BCUT2D eigenvalue weighted by Gasteiger charge is 2.54. The molecule has 2 heterocycles. The number of carboxylic acids is 1. The van der Waals surface area contributed by atoms with Crippen LogP contribution in [-0.4, -0.2) is 57.9 Å². The van der Waals surface area contributed by atoms with Gasteiger partial charge in [-0.2, -0.15) is 0 Å². The molecule has 10 heteroatoms. The molecule has 0 spiro atoms. The van der Waals surface area contributed by atoms with Crippen molar-refractivity contribution in [2.24, 2.45) is 0 Å². The molecule has 1 unspecified atom stereocenters. The van der Waals surface area contributed by atoms with Gasteiger partial charge in [-0.15, -0.1) is 11.8 Å². The standard InChI is InChI=1S/C12H17IN2O5SSi/c1-22(2,3)20-12(19)14-7-9(16)15-8(11(17)18)6(4-13)5-21-10(7)15/h7,10H,4-5H2,1-3H3,(H,14,19)(H,17,18)/t7?,10-/m1/s1. The minimum atomic E-state index is -2.04. The van der Waals surface area contributed by atoms with Crippen molar-refractivity contribution < 1.29 is 23.9 Å². The zero-order valence-corrected chi connectivity index (χ0v) is 16.4. The minimum absolute atomic E-state index is 0.0553. The van der Waals surface area contributed by atoms with Crippen LogP contribution in [0.25, 0.3) is 0 Å². The van der Waals surface area contributed by atoms with E-state index in [-0.39, 0.29) is 11.1 Å².